The first-order valence-electron chi connectivity index (χ1n) is 10.9. The lowest BCUT2D eigenvalue weighted by Gasteiger charge is -2.19. The minimum absolute atomic E-state index is 0.233. The molecule has 0 unspecified atom stereocenters. The summed E-state index contributed by atoms with van der Waals surface area (Å²) in [5.74, 6) is -1.09. The maximum atomic E-state index is 14.0. The molecule has 1 amide bonds. The Morgan fingerprint density at radius 1 is 1.11 bits per heavy atom. The van der Waals surface area contributed by atoms with Crippen molar-refractivity contribution in [3.8, 4) is 16.9 Å². The van der Waals surface area contributed by atoms with Gasteiger partial charge in [0.15, 0.2) is 5.69 Å². The van der Waals surface area contributed by atoms with Gasteiger partial charge in [-0.2, -0.15) is 23.4 Å². The second-order valence-electron chi connectivity index (χ2n) is 8.22. The molecule has 182 valence electrons. The van der Waals surface area contributed by atoms with E-state index in [4.69, 9.17) is 0 Å². The van der Waals surface area contributed by atoms with Gasteiger partial charge in [0.2, 0.25) is 0 Å². The molecule has 6 nitrogen and oxygen atoms in total. The van der Waals surface area contributed by atoms with E-state index in [1.54, 1.807) is 37.3 Å². The molecule has 0 radical (unpaired) electrons. The van der Waals surface area contributed by atoms with Crippen LogP contribution >= 0.6 is 0 Å². The van der Waals surface area contributed by atoms with Crippen LogP contribution in [0.3, 0.4) is 0 Å². The number of rotatable bonds is 7. The number of hydrogen-bond acceptors (Lipinski definition) is 3. The number of aromatic amines is 1. The summed E-state index contributed by atoms with van der Waals surface area (Å²) in [6, 6.07) is 14.3. The Balaban J connectivity index is 1.45. The summed E-state index contributed by atoms with van der Waals surface area (Å²) in [6.07, 6.45) is -2.77. The smallest absolute Gasteiger partial charge is 0.342 e. The molecular weight excluding hydrogens is 462 g/mol. The highest BCUT2D eigenvalue weighted by atomic mass is 19.4. The van der Waals surface area contributed by atoms with Crippen LogP contribution in [0, 0.1) is 12.7 Å². The molecule has 0 saturated heterocycles. The van der Waals surface area contributed by atoms with E-state index in [9.17, 15) is 22.4 Å². The van der Waals surface area contributed by atoms with E-state index in [1.807, 2.05) is 6.07 Å². The lowest BCUT2D eigenvalue weighted by Crippen LogP contribution is -2.30. The molecule has 2 heterocycles. The number of carbonyl (C=O) groups is 1. The Labute approximate surface area is 199 Å². The monoisotopic (exact) mass is 485 g/mol. The van der Waals surface area contributed by atoms with Gasteiger partial charge in [-0.3, -0.25) is 9.89 Å². The molecule has 2 aromatic heterocycles. The molecule has 0 spiro atoms. The molecule has 0 atom stereocenters. The van der Waals surface area contributed by atoms with Crippen LogP contribution < -0.4 is 0 Å². The van der Waals surface area contributed by atoms with Crippen molar-refractivity contribution in [2.45, 2.75) is 25.9 Å². The first-order valence-corrected chi connectivity index (χ1v) is 10.9. The SMILES string of the molecule is Cc1ccccc1-n1ncc(C(=O)N(C)CCCc2cc(-c3ccc(F)cc3)n[nH]2)c1C(F)(F)F. The fraction of sp³-hybridized carbons (Fsp3) is 0.240. The maximum absolute atomic E-state index is 14.0. The molecule has 35 heavy (non-hydrogen) atoms. The number of H-pyrrole nitrogens is 1. The van der Waals surface area contributed by atoms with Crippen LogP contribution in [0.25, 0.3) is 16.9 Å². The molecule has 2 aromatic carbocycles. The van der Waals surface area contributed by atoms with Crippen LogP contribution in [0.2, 0.25) is 0 Å². The molecule has 4 rings (SSSR count). The van der Waals surface area contributed by atoms with Crippen molar-refractivity contribution in [2.24, 2.45) is 0 Å². The van der Waals surface area contributed by atoms with Crippen molar-refractivity contribution in [1.29, 1.82) is 0 Å². The number of nitrogens with one attached hydrogen (secondary N) is 1. The van der Waals surface area contributed by atoms with E-state index in [-0.39, 0.29) is 18.0 Å². The Kier molecular flexibility index (Phi) is 6.72. The van der Waals surface area contributed by atoms with Crippen LogP contribution in [0.5, 0.6) is 0 Å². The van der Waals surface area contributed by atoms with Crippen LogP contribution in [0.15, 0.2) is 60.8 Å². The largest absolute Gasteiger partial charge is 0.434 e. The Morgan fingerprint density at radius 3 is 2.51 bits per heavy atom. The van der Waals surface area contributed by atoms with E-state index in [0.29, 0.717) is 24.1 Å². The number of aromatic nitrogens is 4. The zero-order chi connectivity index (χ0) is 25.2. The average molecular weight is 485 g/mol. The van der Waals surface area contributed by atoms with E-state index in [0.717, 1.165) is 22.1 Å². The first-order chi connectivity index (χ1) is 16.6. The molecule has 1 N–H and O–H groups in total. The predicted molar refractivity (Wildman–Crippen MR) is 123 cm³/mol. The Bertz CT molecular complexity index is 1320. The molecule has 4 aromatic rings. The molecular formula is C25H23F4N5O. The van der Waals surface area contributed by atoms with Gasteiger partial charge in [-0.25, -0.2) is 9.07 Å². The second-order valence-corrected chi connectivity index (χ2v) is 8.22. The van der Waals surface area contributed by atoms with Crippen LogP contribution in [0.1, 0.15) is 33.7 Å². The summed E-state index contributed by atoms with van der Waals surface area (Å²) in [5, 5.41) is 11.0. The number of benzene rings is 2. The van der Waals surface area contributed by atoms with Crippen molar-refractivity contribution >= 4 is 5.91 Å². The standard InChI is InChI=1S/C25H23F4N5O/c1-16-6-3-4-8-22(16)34-23(25(27,28)29)20(15-30-34)24(35)33(2)13-5-7-19-14-21(32-31-19)17-9-11-18(26)12-10-17/h3-4,6,8-12,14-15H,5,7,13H2,1-2H3,(H,31,32). The van der Waals surface area contributed by atoms with Gasteiger partial charge in [0.25, 0.3) is 5.91 Å². The van der Waals surface area contributed by atoms with Gasteiger partial charge >= 0.3 is 6.18 Å². The summed E-state index contributed by atoms with van der Waals surface area (Å²) < 4.78 is 55.8. The summed E-state index contributed by atoms with van der Waals surface area (Å²) in [7, 11) is 1.46. The van der Waals surface area contributed by atoms with Gasteiger partial charge in [-0.1, -0.05) is 18.2 Å². The predicted octanol–water partition coefficient (Wildman–Crippen LogP) is 5.43. The van der Waals surface area contributed by atoms with E-state index < -0.39 is 23.3 Å². The van der Waals surface area contributed by atoms with Crippen LogP contribution in [-0.4, -0.2) is 44.4 Å². The lowest BCUT2D eigenvalue weighted by molar-refractivity contribution is -0.143. The van der Waals surface area contributed by atoms with Crippen molar-refractivity contribution < 1.29 is 22.4 Å². The van der Waals surface area contributed by atoms with Crippen LogP contribution in [0.4, 0.5) is 17.6 Å². The highest BCUT2D eigenvalue weighted by molar-refractivity contribution is 5.95. The number of amides is 1. The molecule has 0 saturated carbocycles. The highest BCUT2D eigenvalue weighted by Gasteiger charge is 2.41. The minimum Gasteiger partial charge on any atom is -0.342 e. The minimum atomic E-state index is -4.77. The third kappa shape index (κ3) is 5.26. The average Bonchev–Trinajstić information content (AvgIpc) is 3.47. The first kappa shape index (κ1) is 24.2. The topological polar surface area (TPSA) is 66.8 Å². The number of hydrogen-bond donors (Lipinski definition) is 1. The number of alkyl halides is 3. The van der Waals surface area contributed by atoms with Crippen molar-refractivity contribution in [3.63, 3.8) is 0 Å². The zero-order valence-electron chi connectivity index (χ0n) is 19.1. The number of nitrogens with zero attached hydrogens (tertiary/aromatic N) is 4. The van der Waals surface area contributed by atoms with Gasteiger partial charge in [-0.15, -0.1) is 0 Å². The van der Waals surface area contributed by atoms with Crippen molar-refractivity contribution in [1.82, 2.24) is 24.9 Å². The molecule has 0 fully saturated rings. The summed E-state index contributed by atoms with van der Waals surface area (Å²) in [6.45, 7) is 1.91. The highest BCUT2D eigenvalue weighted by Crippen LogP contribution is 2.34. The molecule has 10 heteroatoms. The Morgan fingerprint density at radius 2 is 1.83 bits per heavy atom. The van der Waals surface area contributed by atoms with Gasteiger partial charge in [0, 0.05) is 24.8 Å². The maximum Gasteiger partial charge on any atom is 0.434 e. The van der Waals surface area contributed by atoms with Gasteiger partial charge in [-0.05, 0) is 61.7 Å². The quantitative estimate of drug-likeness (QED) is 0.355. The molecule has 0 aliphatic heterocycles. The van der Waals surface area contributed by atoms with Gasteiger partial charge in [0.1, 0.15) is 5.82 Å². The van der Waals surface area contributed by atoms with E-state index >= 15 is 0 Å². The van der Waals surface area contributed by atoms with Crippen molar-refractivity contribution in [2.75, 3.05) is 13.6 Å². The normalized spacial score (nSPS) is 11.6. The van der Waals surface area contributed by atoms with Crippen LogP contribution in [-0.2, 0) is 12.6 Å². The fourth-order valence-electron chi connectivity index (χ4n) is 3.83. The van der Waals surface area contributed by atoms with E-state index in [2.05, 4.69) is 15.3 Å². The third-order valence-electron chi connectivity index (χ3n) is 5.67. The number of aryl methyl sites for hydroxylation is 2. The lowest BCUT2D eigenvalue weighted by atomic mass is 10.1. The van der Waals surface area contributed by atoms with E-state index in [1.165, 1.54) is 30.1 Å². The molecule has 0 bridgehead atoms. The summed E-state index contributed by atoms with van der Waals surface area (Å²) in [5.41, 5.74) is 1.48. The number of para-hydroxylation sites is 1. The summed E-state index contributed by atoms with van der Waals surface area (Å²) >= 11 is 0. The second kappa shape index (κ2) is 9.73. The van der Waals surface area contributed by atoms with Crippen molar-refractivity contribution in [3.05, 3.63) is 89.1 Å². The summed E-state index contributed by atoms with van der Waals surface area (Å²) in [4.78, 5) is 14.2. The molecule has 0 aliphatic carbocycles. The number of halogens is 4. The Hall–Kier alpha value is -3.95. The fourth-order valence-corrected chi connectivity index (χ4v) is 3.83. The van der Waals surface area contributed by atoms with Gasteiger partial charge in [0.05, 0.1) is 23.1 Å². The zero-order valence-corrected chi connectivity index (χ0v) is 19.1. The number of carbonyl (C=O) groups excluding carboxylic acids is 1. The van der Waals surface area contributed by atoms with Gasteiger partial charge < -0.3 is 4.90 Å². The molecule has 0 aliphatic rings. The third-order valence-corrected chi connectivity index (χ3v) is 5.67.